The van der Waals surface area contributed by atoms with E-state index in [1.807, 2.05) is 26.8 Å². The number of aromatic nitrogens is 3. The van der Waals surface area contributed by atoms with Crippen molar-refractivity contribution >= 4 is 5.91 Å². The number of nitrogens with zero attached hydrogens (tertiary/aromatic N) is 4. The second-order valence-electron chi connectivity index (χ2n) is 6.66. The highest BCUT2D eigenvalue weighted by Gasteiger charge is 2.19. The summed E-state index contributed by atoms with van der Waals surface area (Å²) in [6, 6.07) is 3.62. The molecule has 0 atom stereocenters. The minimum Gasteiger partial charge on any atom is -0.378 e. The van der Waals surface area contributed by atoms with Gasteiger partial charge in [-0.1, -0.05) is 5.16 Å². The van der Waals surface area contributed by atoms with Crippen molar-refractivity contribution in [2.45, 2.75) is 39.7 Å². The van der Waals surface area contributed by atoms with Crippen LogP contribution in [0.5, 0.6) is 0 Å². The van der Waals surface area contributed by atoms with Crippen molar-refractivity contribution < 1.29 is 14.1 Å². The number of aryl methyl sites for hydroxylation is 2. The van der Waals surface area contributed by atoms with Gasteiger partial charge in [-0.15, -0.1) is 0 Å². The number of pyridine rings is 1. The summed E-state index contributed by atoms with van der Waals surface area (Å²) in [6.45, 7) is 8.19. The van der Waals surface area contributed by atoms with E-state index in [1.54, 1.807) is 15.5 Å². The van der Waals surface area contributed by atoms with Crippen molar-refractivity contribution in [2.75, 3.05) is 26.3 Å². The third-order valence-electron chi connectivity index (χ3n) is 4.46. The summed E-state index contributed by atoms with van der Waals surface area (Å²) < 4.78 is 12.2. The summed E-state index contributed by atoms with van der Waals surface area (Å²) in [5.74, 6) is 0.668. The van der Waals surface area contributed by atoms with Crippen LogP contribution in [0.2, 0.25) is 0 Å². The lowest BCUT2D eigenvalue weighted by atomic mass is 10.2. The molecule has 26 heavy (non-hydrogen) atoms. The van der Waals surface area contributed by atoms with Crippen LogP contribution in [0.1, 0.15) is 37.9 Å². The van der Waals surface area contributed by atoms with E-state index in [9.17, 15) is 9.59 Å². The molecule has 2 aromatic heterocycles. The van der Waals surface area contributed by atoms with E-state index < -0.39 is 0 Å². The molecule has 8 nitrogen and oxygen atoms in total. The highest BCUT2D eigenvalue weighted by molar-refractivity contribution is 5.76. The van der Waals surface area contributed by atoms with Crippen molar-refractivity contribution in [1.82, 2.24) is 19.6 Å². The summed E-state index contributed by atoms with van der Waals surface area (Å²) in [6.07, 6.45) is 0.652. The largest absolute Gasteiger partial charge is 0.378 e. The number of rotatable bonds is 5. The second-order valence-corrected chi connectivity index (χ2v) is 6.66. The summed E-state index contributed by atoms with van der Waals surface area (Å²) in [7, 11) is 0. The van der Waals surface area contributed by atoms with Crippen molar-refractivity contribution in [3.05, 3.63) is 34.1 Å². The number of amides is 1. The lowest BCUT2D eigenvalue weighted by Crippen LogP contribution is -2.40. The Bertz CT molecular complexity index is 834. The van der Waals surface area contributed by atoms with Gasteiger partial charge in [-0.2, -0.15) is 4.98 Å². The van der Waals surface area contributed by atoms with Crippen molar-refractivity contribution in [2.24, 2.45) is 0 Å². The maximum atomic E-state index is 12.7. The third kappa shape index (κ3) is 3.85. The SMILES string of the molecule is Cc1ccc(-c2noc(CCC(=O)N3CCOCC3)n2)c(=O)n1C(C)C. The van der Waals surface area contributed by atoms with E-state index in [2.05, 4.69) is 10.1 Å². The smallest absolute Gasteiger partial charge is 0.262 e. The molecule has 0 unspecified atom stereocenters. The summed E-state index contributed by atoms with van der Waals surface area (Å²) in [4.78, 5) is 31.0. The minimum atomic E-state index is -0.142. The fourth-order valence-electron chi connectivity index (χ4n) is 3.11. The molecule has 1 aliphatic rings. The number of morpholine rings is 1. The zero-order valence-corrected chi connectivity index (χ0v) is 15.4. The van der Waals surface area contributed by atoms with Crippen LogP contribution in [0, 0.1) is 6.92 Å². The van der Waals surface area contributed by atoms with Gasteiger partial charge in [0.15, 0.2) is 0 Å². The number of ether oxygens (including phenoxy) is 1. The molecular formula is C18H24N4O4. The molecule has 8 heteroatoms. The molecule has 140 valence electrons. The van der Waals surface area contributed by atoms with Crippen LogP contribution in [0.25, 0.3) is 11.4 Å². The Kier molecular flexibility index (Phi) is 5.51. The van der Waals surface area contributed by atoms with E-state index in [0.29, 0.717) is 50.6 Å². The highest BCUT2D eigenvalue weighted by atomic mass is 16.5. The van der Waals surface area contributed by atoms with E-state index in [4.69, 9.17) is 9.26 Å². The molecule has 0 aromatic carbocycles. The van der Waals surface area contributed by atoms with Gasteiger partial charge in [-0.05, 0) is 32.9 Å². The average Bonchev–Trinajstić information content (AvgIpc) is 3.09. The summed E-state index contributed by atoms with van der Waals surface area (Å²) in [5.41, 5.74) is 1.14. The van der Waals surface area contributed by atoms with E-state index in [0.717, 1.165) is 5.69 Å². The van der Waals surface area contributed by atoms with Gasteiger partial charge in [0.25, 0.3) is 5.56 Å². The Hall–Kier alpha value is -2.48. The molecule has 1 aliphatic heterocycles. The van der Waals surface area contributed by atoms with Gasteiger partial charge in [0.1, 0.15) is 0 Å². The number of carbonyl (C=O) groups is 1. The number of hydrogen-bond donors (Lipinski definition) is 0. The predicted molar refractivity (Wildman–Crippen MR) is 94.8 cm³/mol. The fraction of sp³-hybridized carbons (Fsp3) is 0.556. The van der Waals surface area contributed by atoms with Crippen LogP contribution >= 0.6 is 0 Å². The zero-order valence-electron chi connectivity index (χ0n) is 15.4. The second kappa shape index (κ2) is 7.82. The van der Waals surface area contributed by atoms with Gasteiger partial charge in [-0.25, -0.2) is 0 Å². The Morgan fingerprint density at radius 2 is 2.00 bits per heavy atom. The zero-order chi connectivity index (χ0) is 18.7. The van der Waals surface area contributed by atoms with Crippen molar-refractivity contribution in [3.8, 4) is 11.4 Å². The molecule has 3 heterocycles. The minimum absolute atomic E-state index is 0.0416. The molecule has 0 radical (unpaired) electrons. The van der Waals surface area contributed by atoms with Gasteiger partial charge in [0.05, 0.1) is 18.8 Å². The van der Waals surface area contributed by atoms with Crippen LogP contribution in [0.3, 0.4) is 0 Å². The van der Waals surface area contributed by atoms with Gasteiger partial charge in [0, 0.05) is 37.7 Å². The molecular weight excluding hydrogens is 336 g/mol. The fourth-order valence-corrected chi connectivity index (χ4v) is 3.11. The third-order valence-corrected chi connectivity index (χ3v) is 4.46. The maximum Gasteiger partial charge on any atom is 0.262 e. The Labute approximate surface area is 151 Å². The van der Waals surface area contributed by atoms with Gasteiger partial charge >= 0.3 is 0 Å². The van der Waals surface area contributed by atoms with Gasteiger partial charge in [-0.3, -0.25) is 9.59 Å². The number of carbonyl (C=O) groups excluding carboxylic acids is 1. The lowest BCUT2D eigenvalue weighted by molar-refractivity contribution is -0.135. The van der Waals surface area contributed by atoms with Gasteiger partial charge < -0.3 is 18.7 Å². The molecule has 1 amide bonds. The standard InChI is InChI=1S/C18H24N4O4/c1-12(2)22-13(3)4-5-14(18(22)24)17-19-15(26-20-17)6-7-16(23)21-8-10-25-11-9-21/h4-5,12H,6-11H2,1-3H3. The van der Waals surface area contributed by atoms with Gasteiger partial charge in [0.2, 0.25) is 17.6 Å². The van der Waals surface area contributed by atoms with Crippen molar-refractivity contribution in [3.63, 3.8) is 0 Å². The molecule has 1 saturated heterocycles. The Balaban J connectivity index is 1.71. The van der Waals surface area contributed by atoms with Crippen LogP contribution in [0.15, 0.2) is 21.5 Å². The van der Waals surface area contributed by atoms with Crippen LogP contribution < -0.4 is 5.56 Å². The van der Waals surface area contributed by atoms with Crippen LogP contribution in [-0.2, 0) is 16.0 Å². The quantitative estimate of drug-likeness (QED) is 0.804. The first-order valence-electron chi connectivity index (χ1n) is 8.88. The molecule has 0 saturated carbocycles. The highest BCUT2D eigenvalue weighted by Crippen LogP contribution is 2.15. The van der Waals surface area contributed by atoms with E-state index in [-0.39, 0.29) is 23.3 Å². The van der Waals surface area contributed by atoms with E-state index >= 15 is 0 Å². The summed E-state index contributed by atoms with van der Waals surface area (Å²) in [5, 5.41) is 3.92. The first-order valence-corrected chi connectivity index (χ1v) is 8.88. The topological polar surface area (TPSA) is 90.5 Å². The molecule has 0 N–H and O–H groups in total. The number of hydrogen-bond acceptors (Lipinski definition) is 6. The monoisotopic (exact) mass is 360 g/mol. The van der Waals surface area contributed by atoms with Crippen molar-refractivity contribution in [1.29, 1.82) is 0 Å². The Morgan fingerprint density at radius 1 is 1.27 bits per heavy atom. The molecule has 3 rings (SSSR count). The van der Waals surface area contributed by atoms with Crippen LogP contribution in [-0.4, -0.2) is 51.8 Å². The predicted octanol–water partition coefficient (Wildman–Crippen LogP) is 1.58. The first-order chi connectivity index (χ1) is 12.5. The molecule has 1 fully saturated rings. The molecule has 0 bridgehead atoms. The maximum absolute atomic E-state index is 12.7. The molecule has 2 aromatic rings. The molecule has 0 spiro atoms. The normalized spacial score (nSPS) is 14.8. The Morgan fingerprint density at radius 3 is 2.69 bits per heavy atom. The first kappa shape index (κ1) is 18.3. The molecule has 0 aliphatic carbocycles. The van der Waals surface area contributed by atoms with E-state index in [1.165, 1.54) is 0 Å². The lowest BCUT2D eigenvalue weighted by Gasteiger charge is -2.26. The average molecular weight is 360 g/mol. The van der Waals surface area contributed by atoms with Crippen LogP contribution in [0.4, 0.5) is 0 Å². The summed E-state index contributed by atoms with van der Waals surface area (Å²) >= 11 is 0.